The molecule has 1 aliphatic heterocycles. The molecule has 0 spiro atoms. The molecule has 1 heterocycles. The van der Waals surface area contributed by atoms with Gasteiger partial charge >= 0.3 is 6.03 Å². The second-order valence-corrected chi connectivity index (χ2v) is 7.03. The number of nitrogens with one attached hydrogen (secondary N) is 1. The van der Waals surface area contributed by atoms with E-state index in [1.165, 1.54) is 4.90 Å². The molecule has 5 heteroatoms. The van der Waals surface area contributed by atoms with E-state index in [0.717, 1.165) is 16.8 Å². The third-order valence-corrected chi connectivity index (χ3v) is 4.99. The molecule has 5 nitrogen and oxygen atoms in total. The standard InChI is InChI=1S/C23H25N3O2/c1-16-21(20(27)15-12-17-10-13-19(14-11-17)25(2)3)22(24-23(28)26(16)4)18-8-6-5-7-9-18/h5-15,22H,1-4H3,(H,24,28)/b15-12+/t22-/m1/s1. The predicted octanol–water partition coefficient (Wildman–Crippen LogP) is 4.01. The molecule has 2 aromatic carbocycles. The van der Waals surface area contributed by atoms with E-state index in [9.17, 15) is 9.59 Å². The number of allylic oxidation sites excluding steroid dienone is 2. The van der Waals surface area contributed by atoms with Gasteiger partial charge in [0.1, 0.15) is 0 Å². The van der Waals surface area contributed by atoms with Crippen molar-refractivity contribution >= 4 is 23.6 Å². The number of carbonyl (C=O) groups is 2. The topological polar surface area (TPSA) is 52.7 Å². The molecule has 144 valence electrons. The summed E-state index contributed by atoms with van der Waals surface area (Å²) < 4.78 is 0. The summed E-state index contributed by atoms with van der Waals surface area (Å²) in [6, 6.07) is 16.8. The molecule has 0 bridgehead atoms. The Bertz CT molecular complexity index is 928. The maximum Gasteiger partial charge on any atom is 0.322 e. The minimum Gasteiger partial charge on any atom is -0.378 e. The summed E-state index contributed by atoms with van der Waals surface area (Å²) in [5.41, 5.74) is 4.17. The average Bonchev–Trinajstić information content (AvgIpc) is 2.71. The highest BCUT2D eigenvalue weighted by Gasteiger charge is 2.32. The molecule has 0 unspecified atom stereocenters. The molecule has 0 aliphatic carbocycles. The highest BCUT2D eigenvalue weighted by atomic mass is 16.2. The number of ketones is 1. The highest BCUT2D eigenvalue weighted by Crippen LogP contribution is 2.30. The summed E-state index contributed by atoms with van der Waals surface area (Å²) in [5, 5.41) is 2.93. The lowest BCUT2D eigenvalue weighted by molar-refractivity contribution is -0.111. The van der Waals surface area contributed by atoms with Crippen molar-refractivity contribution in [1.82, 2.24) is 10.2 Å². The SMILES string of the molecule is CC1=C(C(=O)/C=C/c2ccc(N(C)C)cc2)[C@@H](c2ccccc2)NC(=O)N1C. The van der Waals surface area contributed by atoms with Crippen LogP contribution in [0.5, 0.6) is 0 Å². The lowest BCUT2D eigenvalue weighted by atomic mass is 9.91. The summed E-state index contributed by atoms with van der Waals surface area (Å²) in [7, 11) is 5.64. The Kier molecular flexibility index (Phi) is 5.64. The maximum absolute atomic E-state index is 13.1. The van der Waals surface area contributed by atoms with Crippen LogP contribution in [0.3, 0.4) is 0 Å². The fourth-order valence-corrected chi connectivity index (χ4v) is 3.20. The number of hydrogen-bond donors (Lipinski definition) is 1. The fraction of sp³-hybridized carbons (Fsp3) is 0.217. The van der Waals surface area contributed by atoms with E-state index in [4.69, 9.17) is 0 Å². The van der Waals surface area contributed by atoms with Gasteiger partial charge in [0.2, 0.25) is 0 Å². The second-order valence-electron chi connectivity index (χ2n) is 7.03. The Morgan fingerprint density at radius 1 is 1.07 bits per heavy atom. The number of rotatable bonds is 5. The number of hydrogen-bond acceptors (Lipinski definition) is 3. The van der Waals surface area contributed by atoms with Crippen LogP contribution in [-0.2, 0) is 4.79 Å². The van der Waals surface area contributed by atoms with Crippen LogP contribution < -0.4 is 10.2 Å². The number of carbonyl (C=O) groups excluding carboxylic acids is 2. The zero-order valence-electron chi connectivity index (χ0n) is 16.6. The van der Waals surface area contributed by atoms with Gasteiger partial charge < -0.3 is 15.1 Å². The monoisotopic (exact) mass is 375 g/mol. The van der Waals surface area contributed by atoms with Gasteiger partial charge in [-0.1, -0.05) is 48.5 Å². The van der Waals surface area contributed by atoms with Crippen molar-refractivity contribution in [3.05, 3.63) is 83.1 Å². The molecule has 2 aromatic rings. The first kappa shape index (κ1) is 19.4. The highest BCUT2D eigenvalue weighted by molar-refractivity contribution is 6.09. The van der Waals surface area contributed by atoms with Crippen LogP contribution in [0, 0.1) is 0 Å². The molecule has 1 atom stereocenters. The number of amides is 2. The van der Waals surface area contributed by atoms with Gasteiger partial charge in [-0.3, -0.25) is 4.79 Å². The lowest BCUT2D eigenvalue weighted by Crippen LogP contribution is -2.45. The Morgan fingerprint density at radius 3 is 2.32 bits per heavy atom. The summed E-state index contributed by atoms with van der Waals surface area (Å²) in [5.74, 6) is -0.116. The Morgan fingerprint density at radius 2 is 1.71 bits per heavy atom. The van der Waals surface area contributed by atoms with Crippen molar-refractivity contribution in [3.8, 4) is 0 Å². The largest absolute Gasteiger partial charge is 0.378 e. The van der Waals surface area contributed by atoms with Crippen molar-refractivity contribution in [1.29, 1.82) is 0 Å². The number of benzene rings is 2. The quantitative estimate of drug-likeness (QED) is 0.804. The number of urea groups is 1. The molecule has 1 N–H and O–H groups in total. The van der Waals surface area contributed by atoms with Crippen molar-refractivity contribution < 1.29 is 9.59 Å². The molecule has 0 saturated carbocycles. The van der Waals surface area contributed by atoms with Crippen LogP contribution in [0.15, 0.2) is 71.9 Å². The van der Waals surface area contributed by atoms with Gasteiger partial charge in [0.25, 0.3) is 0 Å². The molecule has 1 aliphatic rings. The zero-order valence-corrected chi connectivity index (χ0v) is 16.6. The van der Waals surface area contributed by atoms with Crippen LogP contribution in [-0.4, -0.2) is 37.9 Å². The first-order valence-corrected chi connectivity index (χ1v) is 9.18. The summed E-state index contributed by atoms with van der Waals surface area (Å²) in [4.78, 5) is 28.8. The summed E-state index contributed by atoms with van der Waals surface area (Å²) in [6.45, 7) is 1.81. The fourth-order valence-electron chi connectivity index (χ4n) is 3.20. The molecule has 0 fully saturated rings. The first-order valence-electron chi connectivity index (χ1n) is 9.18. The van der Waals surface area contributed by atoms with Gasteiger partial charge in [0, 0.05) is 38.1 Å². The summed E-state index contributed by atoms with van der Waals surface area (Å²) in [6.07, 6.45) is 3.38. The van der Waals surface area contributed by atoms with Gasteiger partial charge in [-0.15, -0.1) is 0 Å². The van der Waals surface area contributed by atoms with Gasteiger partial charge in [-0.25, -0.2) is 4.79 Å². The molecule has 2 amide bonds. The van der Waals surface area contributed by atoms with Crippen molar-refractivity contribution in [2.75, 3.05) is 26.0 Å². The van der Waals surface area contributed by atoms with E-state index in [1.54, 1.807) is 19.2 Å². The van der Waals surface area contributed by atoms with Gasteiger partial charge in [0.15, 0.2) is 5.78 Å². The van der Waals surface area contributed by atoms with E-state index < -0.39 is 6.04 Å². The molecule has 0 radical (unpaired) electrons. The van der Waals surface area contributed by atoms with Crippen LogP contribution in [0.2, 0.25) is 0 Å². The first-order chi connectivity index (χ1) is 13.4. The van der Waals surface area contributed by atoms with Crippen molar-refractivity contribution in [2.24, 2.45) is 0 Å². The molecular weight excluding hydrogens is 350 g/mol. The molecule has 3 rings (SSSR count). The van der Waals surface area contributed by atoms with E-state index in [0.29, 0.717) is 11.3 Å². The lowest BCUT2D eigenvalue weighted by Gasteiger charge is -2.33. The van der Waals surface area contributed by atoms with E-state index in [-0.39, 0.29) is 11.8 Å². The number of anilines is 1. The van der Waals surface area contributed by atoms with Gasteiger partial charge in [-0.05, 0) is 36.3 Å². The van der Waals surface area contributed by atoms with Crippen LogP contribution in [0.25, 0.3) is 6.08 Å². The third-order valence-electron chi connectivity index (χ3n) is 4.99. The number of nitrogens with zero attached hydrogens (tertiary/aromatic N) is 2. The van der Waals surface area contributed by atoms with Crippen LogP contribution in [0.4, 0.5) is 10.5 Å². The van der Waals surface area contributed by atoms with Crippen molar-refractivity contribution in [3.63, 3.8) is 0 Å². The Balaban J connectivity index is 1.91. The van der Waals surface area contributed by atoms with E-state index in [2.05, 4.69) is 5.32 Å². The minimum atomic E-state index is -0.460. The molecule has 0 saturated heterocycles. The smallest absolute Gasteiger partial charge is 0.322 e. The zero-order chi connectivity index (χ0) is 20.3. The van der Waals surface area contributed by atoms with Gasteiger partial charge in [-0.2, -0.15) is 0 Å². The minimum absolute atomic E-state index is 0.116. The molecular formula is C23H25N3O2. The van der Waals surface area contributed by atoms with E-state index >= 15 is 0 Å². The summed E-state index contributed by atoms with van der Waals surface area (Å²) >= 11 is 0. The maximum atomic E-state index is 13.1. The Labute approximate surface area is 166 Å². The molecule has 28 heavy (non-hydrogen) atoms. The average molecular weight is 375 g/mol. The normalized spacial score (nSPS) is 17.1. The van der Waals surface area contributed by atoms with Crippen LogP contribution in [0.1, 0.15) is 24.1 Å². The van der Waals surface area contributed by atoms with Crippen LogP contribution >= 0.6 is 0 Å². The second kappa shape index (κ2) is 8.13. The van der Waals surface area contributed by atoms with E-state index in [1.807, 2.05) is 80.5 Å². The predicted molar refractivity (Wildman–Crippen MR) is 113 cm³/mol. The van der Waals surface area contributed by atoms with Gasteiger partial charge in [0.05, 0.1) is 6.04 Å². The van der Waals surface area contributed by atoms with Crippen molar-refractivity contribution in [2.45, 2.75) is 13.0 Å². The molecule has 0 aromatic heterocycles. The third kappa shape index (κ3) is 3.98. The Hall–Kier alpha value is -3.34.